The Morgan fingerprint density at radius 1 is 1.57 bits per heavy atom. The van der Waals surface area contributed by atoms with E-state index >= 15 is 0 Å². The summed E-state index contributed by atoms with van der Waals surface area (Å²) in [5.41, 5.74) is 0.990. The summed E-state index contributed by atoms with van der Waals surface area (Å²) in [4.78, 5) is 22.8. The van der Waals surface area contributed by atoms with Crippen molar-refractivity contribution in [2.24, 2.45) is 0 Å². The number of ketones is 1. The van der Waals surface area contributed by atoms with Gasteiger partial charge in [-0.2, -0.15) is 0 Å². The number of rotatable bonds is 2. The van der Waals surface area contributed by atoms with Crippen molar-refractivity contribution in [2.75, 3.05) is 0 Å². The predicted molar refractivity (Wildman–Crippen MR) is 54.4 cm³/mol. The summed E-state index contributed by atoms with van der Waals surface area (Å²) >= 11 is 1.47. The van der Waals surface area contributed by atoms with Crippen molar-refractivity contribution in [1.82, 2.24) is 5.32 Å². The third-order valence-corrected chi connectivity index (χ3v) is 3.46. The third kappa shape index (κ3) is 1.57. The molecule has 1 aliphatic rings. The molecule has 0 spiro atoms. The van der Waals surface area contributed by atoms with Crippen molar-refractivity contribution in [3.05, 3.63) is 21.9 Å². The molecule has 1 amide bonds. The molecule has 1 aromatic rings. The second-order valence-corrected chi connectivity index (χ2v) is 4.27. The topological polar surface area (TPSA) is 46.2 Å². The van der Waals surface area contributed by atoms with Crippen LogP contribution in [0, 0.1) is 0 Å². The Bertz CT molecular complexity index is 359. The van der Waals surface area contributed by atoms with Crippen LogP contribution < -0.4 is 5.32 Å². The van der Waals surface area contributed by atoms with Gasteiger partial charge in [0.05, 0.1) is 10.9 Å². The highest BCUT2D eigenvalue weighted by Gasteiger charge is 2.23. The Morgan fingerprint density at radius 2 is 2.43 bits per heavy atom. The number of nitrogens with one attached hydrogen (secondary N) is 1. The molecule has 0 radical (unpaired) electrons. The number of carbonyl (C=O) groups excluding carboxylic acids is 2. The van der Waals surface area contributed by atoms with Crippen molar-refractivity contribution in [2.45, 2.75) is 25.3 Å². The molecule has 1 N–H and O–H groups in total. The minimum absolute atomic E-state index is 0.0280. The summed E-state index contributed by atoms with van der Waals surface area (Å²) in [6.07, 6.45) is 3.02. The molecule has 0 saturated heterocycles. The molecule has 14 heavy (non-hydrogen) atoms. The summed E-state index contributed by atoms with van der Waals surface area (Å²) in [6.45, 7) is 0. The summed E-state index contributed by atoms with van der Waals surface area (Å²) in [5.74, 6) is 0.213. The Labute approximate surface area is 86.1 Å². The molecular formula is C10H11NO2S. The molecule has 0 bridgehead atoms. The zero-order valence-corrected chi connectivity index (χ0v) is 8.47. The van der Waals surface area contributed by atoms with Crippen LogP contribution in [0.2, 0.25) is 0 Å². The maximum atomic E-state index is 11.6. The van der Waals surface area contributed by atoms with Gasteiger partial charge in [-0.05, 0) is 29.9 Å². The van der Waals surface area contributed by atoms with Gasteiger partial charge in [-0.25, -0.2) is 0 Å². The Hall–Kier alpha value is -1.16. The molecule has 0 aromatic carbocycles. The highest BCUT2D eigenvalue weighted by molar-refractivity contribution is 7.12. The fourth-order valence-electron chi connectivity index (χ4n) is 1.81. The van der Waals surface area contributed by atoms with Crippen molar-refractivity contribution in [1.29, 1.82) is 0 Å². The van der Waals surface area contributed by atoms with Gasteiger partial charge in [0.2, 0.25) is 6.41 Å². The molecule has 1 atom stereocenters. The van der Waals surface area contributed by atoms with Crippen LogP contribution in [0.4, 0.5) is 0 Å². The van der Waals surface area contributed by atoms with Crippen molar-refractivity contribution >= 4 is 23.5 Å². The number of hydrogen-bond donors (Lipinski definition) is 1. The second-order valence-electron chi connectivity index (χ2n) is 3.36. The first-order chi connectivity index (χ1) is 6.83. The maximum Gasteiger partial charge on any atom is 0.207 e. The molecule has 0 fully saturated rings. The van der Waals surface area contributed by atoms with Crippen LogP contribution in [0.25, 0.3) is 0 Å². The van der Waals surface area contributed by atoms with Gasteiger partial charge in [-0.3, -0.25) is 9.59 Å². The van der Waals surface area contributed by atoms with Crippen molar-refractivity contribution < 1.29 is 9.59 Å². The largest absolute Gasteiger partial charge is 0.352 e. The third-order valence-electron chi connectivity index (χ3n) is 2.49. The van der Waals surface area contributed by atoms with Crippen LogP contribution in [0.3, 0.4) is 0 Å². The lowest BCUT2D eigenvalue weighted by Gasteiger charge is -2.12. The first-order valence-corrected chi connectivity index (χ1v) is 5.51. The molecule has 74 valence electrons. The van der Waals surface area contributed by atoms with Gasteiger partial charge in [-0.15, -0.1) is 11.3 Å². The Balaban J connectivity index is 2.35. The van der Waals surface area contributed by atoms with Gasteiger partial charge in [-0.1, -0.05) is 0 Å². The van der Waals surface area contributed by atoms with Crippen LogP contribution in [0.1, 0.15) is 40.5 Å². The molecule has 2 rings (SSSR count). The van der Waals surface area contributed by atoms with E-state index in [1.807, 2.05) is 11.4 Å². The fourth-order valence-corrected chi connectivity index (χ4v) is 2.74. The smallest absolute Gasteiger partial charge is 0.207 e. The van der Waals surface area contributed by atoms with E-state index in [-0.39, 0.29) is 11.8 Å². The van der Waals surface area contributed by atoms with Crippen LogP contribution in [0.5, 0.6) is 0 Å². The van der Waals surface area contributed by atoms with Gasteiger partial charge in [0.25, 0.3) is 0 Å². The van der Waals surface area contributed by atoms with E-state index in [1.54, 1.807) is 0 Å². The number of thiophene rings is 1. The number of fused-ring (bicyclic) bond motifs is 1. The van der Waals surface area contributed by atoms with E-state index in [4.69, 9.17) is 0 Å². The van der Waals surface area contributed by atoms with E-state index < -0.39 is 0 Å². The Kier molecular flexibility index (Phi) is 2.63. The molecule has 3 nitrogen and oxygen atoms in total. The quantitative estimate of drug-likeness (QED) is 0.597. The van der Waals surface area contributed by atoms with Gasteiger partial charge in [0, 0.05) is 6.42 Å². The van der Waals surface area contributed by atoms with Gasteiger partial charge >= 0.3 is 0 Å². The molecule has 1 aromatic heterocycles. The summed E-state index contributed by atoms with van der Waals surface area (Å²) in [5, 5.41) is 4.67. The van der Waals surface area contributed by atoms with Crippen LogP contribution in [-0.2, 0) is 4.79 Å². The molecule has 0 aliphatic heterocycles. The number of amides is 1. The van der Waals surface area contributed by atoms with Crippen LogP contribution >= 0.6 is 11.3 Å². The number of Topliss-reactive ketones (excluding diaryl/α,β-unsaturated/α-hetero) is 1. The Morgan fingerprint density at radius 3 is 3.21 bits per heavy atom. The number of hydrogen-bond acceptors (Lipinski definition) is 3. The standard InChI is InChI=1S/C10H11NO2S/c12-6-11-8-2-1-3-9(13)10-7(8)4-5-14-10/h4-6,8H,1-3H2,(H,11,12). The lowest BCUT2D eigenvalue weighted by atomic mass is 10.1. The molecular weight excluding hydrogens is 198 g/mol. The minimum Gasteiger partial charge on any atom is -0.352 e. The monoisotopic (exact) mass is 209 g/mol. The first kappa shape index (κ1) is 9.40. The SMILES string of the molecule is O=CNC1CCCC(=O)c2sccc21. The maximum absolute atomic E-state index is 11.6. The molecule has 0 saturated carbocycles. The van der Waals surface area contributed by atoms with E-state index in [2.05, 4.69) is 5.32 Å². The van der Waals surface area contributed by atoms with Crippen LogP contribution in [0.15, 0.2) is 11.4 Å². The van der Waals surface area contributed by atoms with Gasteiger partial charge in [0.1, 0.15) is 0 Å². The average molecular weight is 209 g/mol. The lowest BCUT2D eigenvalue weighted by Crippen LogP contribution is -2.18. The summed E-state index contributed by atoms with van der Waals surface area (Å²) in [7, 11) is 0. The van der Waals surface area contributed by atoms with E-state index in [0.29, 0.717) is 12.8 Å². The van der Waals surface area contributed by atoms with E-state index in [0.717, 1.165) is 23.3 Å². The minimum atomic E-state index is 0.0280. The van der Waals surface area contributed by atoms with E-state index in [9.17, 15) is 9.59 Å². The summed E-state index contributed by atoms with van der Waals surface area (Å²) in [6, 6.07) is 1.96. The van der Waals surface area contributed by atoms with Crippen molar-refractivity contribution in [3.8, 4) is 0 Å². The van der Waals surface area contributed by atoms with Gasteiger partial charge in [0.15, 0.2) is 5.78 Å². The molecule has 1 unspecified atom stereocenters. The highest BCUT2D eigenvalue weighted by atomic mass is 32.1. The van der Waals surface area contributed by atoms with E-state index in [1.165, 1.54) is 11.3 Å². The average Bonchev–Trinajstić information content (AvgIpc) is 2.60. The first-order valence-electron chi connectivity index (χ1n) is 4.63. The molecule has 4 heteroatoms. The number of carbonyl (C=O) groups is 2. The highest BCUT2D eigenvalue weighted by Crippen LogP contribution is 2.31. The second kappa shape index (κ2) is 3.92. The zero-order chi connectivity index (χ0) is 9.97. The summed E-state index contributed by atoms with van der Waals surface area (Å²) < 4.78 is 0. The van der Waals surface area contributed by atoms with Crippen LogP contribution in [-0.4, -0.2) is 12.2 Å². The van der Waals surface area contributed by atoms with Crippen molar-refractivity contribution in [3.63, 3.8) is 0 Å². The lowest BCUT2D eigenvalue weighted by molar-refractivity contribution is -0.110. The predicted octanol–water partition coefficient (Wildman–Crippen LogP) is 1.90. The molecule has 1 aliphatic carbocycles. The zero-order valence-electron chi connectivity index (χ0n) is 7.66. The molecule has 1 heterocycles. The van der Waals surface area contributed by atoms with Gasteiger partial charge < -0.3 is 5.32 Å². The normalized spacial score (nSPS) is 21.1. The fraction of sp³-hybridized carbons (Fsp3) is 0.400.